The molecule has 130 valence electrons. The minimum atomic E-state index is -0.452. The van der Waals surface area contributed by atoms with Gasteiger partial charge in [-0.25, -0.2) is 9.97 Å². The predicted octanol–water partition coefficient (Wildman–Crippen LogP) is 2.18. The minimum absolute atomic E-state index is 0.0999. The summed E-state index contributed by atoms with van der Waals surface area (Å²) in [5.41, 5.74) is 1.60. The molecule has 25 heavy (non-hydrogen) atoms. The van der Waals surface area contributed by atoms with E-state index < -0.39 is 5.92 Å². The third-order valence-electron chi connectivity index (χ3n) is 3.97. The monoisotopic (exact) mass is 340 g/mol. The van der Waals surface area contributed by atoms with Gasteiger partial charge in [-0.05, 0) is 31.5 Å². The van der Waals surface area contributed by atoms with Gasteiger partial charge < -0.3 is 9.64 Å². The van der Waals surface area contributed by atoms with E-state index in [1.807, 2.05) is 38.1 Å². The SMILES string of the molecule is CCOc1ccccc1N1CC(C(=O)Nc2ncc(C)cn2)CC1=O. The van der Waals surface area contributed by atoms with Crippen molar-refractivity contribution < 1.29 is 14.3 Å². The number of hydrogen-bond donors (Lipinski definition) is 1. The van der Waals surface area contributed by atoms with Crippen LogP contribution in [0.5, 0.6) is 5.75 Å². The first-order valence-corrected chi connectivity index (χ1v) is 8.20. The molecule has 0 radical (unpaired) electrons. The lowest BCUT2D eigenvalue weighted by Crippen LogP contribution is -2.28. The maximum atomic E-state index is 12.4. The molecule has 7 nitrogen and oxygen atoms in total. The standard InChI is InChI=1S/C18H20N4O3/c1-3-25-15-7-5-4-6-14(15)22-11-13(8-16(22)23)17(24)21-18-19-9-12(2)10-20-18/h4-7,9-10,13H,3,8,11H2,1-2H3,(H,19,20,21,24). The second-order valence-electron chi connectivity index (χ2n) is 5.88. The van der Waals surface area contributed by atoms with Gasteiger partial charge in [0.15, 0.2) is 0 Å². The van der Waals surface area contributed by atoms with Crippen molar-refractivity contribution in [2.75, 3.05) is 23.4 Å². The summed E-state index contributed by atoms with van der Waals surface area (Å²) >= 11 is 0. The van der Waals surface area contributed by atoms with Crippen LogP contribution < -0.4 is 15.0 Å². The highest BCUT2D eigenvalue weighted by atomic mass is 16.5. The number of aromatic nitrogens is 2. The average Bonchev–Trinajstić information content (AvgIpc) is 2.99. The highest BCUT2D eigenvalue weighted by molar-refractivity contribution is 6.03. The first kappa shape index (κ1) is 16.9. The molecular formula is C18H20N4O3. The number of nitrogens with zero attached hydrogens (tertiary/aromatic N) is 3. The Kier molecular flexibility index (Phi) is 4.92. The van der Waals surface area contributed by atoms with Crippen molar-refractivity contribution in [1.82, 2.24) is 9.97 Å². The van der Waals surface area contributed by atoms with E-state index in [1.165, 1.54) is 0 Å². The van der Waals surface area contributed by atoms with Gasteiger partial charge in [0.1, 0.15) is 5.75 Å². The van der Waals surface area contributed by atoms with E-state index in [9.17, 15) is 9.59 Å². The number of carbonyl (C=O) groups excluding carboxylic acids is 2. The number of benzene rings is 1. The van der Waals surface area contributed by atoms with E-state index in [4.69, 9.17) is 4.74 Å². The Hall–Kier alpha value is -2.96. The third-order valence-corrected chi connectivity index (χ3v) is 3.97. The molecule has 1 aliphatic rings. The van der Waals surface area contributed by atoms with E-state index in [2.05, 4.69) is 15.3 Å². The number of anilines is 2. The molecular weight excluding hydrogens is 320 g/mol. The first-order chi connectivity index (χ1) is 12.1. The summed E-state index contributed by atoms with van der Waals surface area (Å²) in [6.07, 6.45) is 3.41. The summed E-state index contributed by atoms with van der Waals surface area (Å²) in [5, 5.41) is 2.67. The van der Waals surface area contributed by atoms with Crippen LogP contribution in [0, 0.1) is 12.8 Å². The molecule has 0 spiro atoms. The molecule has 1 aromatic heterocycles. The van der Waals surface area contributed by atoms with Crippen molar-refractivity contribution in [2.45, 2.75) is 20.3 Å². The summed E-state index contributed by atoms with van der Waals surface area (Å²) in [6, 6.07) is 7.35. The van der Waals surface area contributed by atoms with Gasteiger partial charge in [-0.1, -0.05) is 12.1 Å². The molecule has 0 saturated carbocycles. The fourth-order valence-electron chi connectivity index (χ4n) is 2.74. The molecule has 2 aromatic rings. The van der Waals surface area contributed by atoms with Gasteiger partial charge in [-0.2, -0.15) is 0 Å². The molecule has 1 N–H and O–H groups in total. The smallest absolute Gasteiger partial charge is 0.232 e. The maximum absolute atomic E-state index is 12.4. The Morgan fingerprint density at radius 2 is 2.04 bits per heavy atom. The zero-order chi connectivity index (χ0) is 17.8. The molecule has 2 heterocycles. The number of aryl methyl sites for hydroxylation is 1. The van der Waals surface area contributed by atoms with Crippen molar-refractivity contribution in [3.63, 3.8) is 0 Å². The second-order valence-corrected chi connectivity index (χ2v) is 5.88. The van der Waals surface area contributed by atoms with Gasteiger partial charge in [0.05, 0.1) is 18.2 Å². The van der Waals surface area contributed by atoms with Crippen LogP contribution in [0.3, 0.4) is 0 Å². The largest absolute Gasteiger partial charge is 0.492 e. The van der Waals surface area contributed by atoms with Gasteiger partial charge in [-0.3, -0.25) is 14.9 Å². The lowest BCUT2D eigenvalue weighted by atomic mass is 10.1. The summed E-state index contributed by atoms with van der Waals surface area (Å²) in [7, 11) is 0. The molecule has 3 rings (SSSR count). The number of amides is 2. The summed E-state index contributed by atoms with van der Waals surface area (Å²) in [4.78, 5) is 34.6. The van der Waals surface area contributed by atoms with Crippen LogP contribution in [0.4, 0.5) is 11.6 Å². The number of rotatable bonds is 5. The zero-order valence-electron chi connectivity index (χ0n) is 14.2. The van der Waals surface area contributed by atoms with E-state index in [0.29, 0.717) is 24.6 Å². The Morgan fingerprint density at radius 1 is 1.32 bits per heavy atom. The van der Waals surface area contributed by atoms with Crippen molar-refractivity contribution in [3.05, 3.63) is 42.2 Å². The Balaban J connectivity index is 1.72. The third kappa shape index (κ3) is 3.76. The summed E-state index contributed by atoms with van der Waals surface area (Å²) in [5.74, 6) is 0.0790. The van der Waals surface area contributed by atoms with Gasteiger partial charge in [0, 0.05) is 25.4 Å². The number of hydrogen-bond acceptors (Lipinski definition) is 5. The molecule has 1 aliphatic heterocycles. The van der Waals surface area contributed by atoms with Crippen LogP contribution in [0.15, 0.2) is 36.7 Å². The summed E-state index contributed by atoms with van der Waals surface area (Å²) < 4.78 is 5.59. The number of ether oxygens (including phenoxy) is 1. The fraction of sp³-hybridized carbons (Fsp3) is 0.333. The molecule has 1 aromatic carbocycles. The Morgan fingerprint density at radius 3 is 2.76 bits per heavy atom. The lowest BCUT2D eigenvalue weighted by Gasteiger charge is -2.20. The van der Waals surface area contributed by atoms with Crippen LogP contribution in [-0.4, -0.2) is 34.9 Å². The number of para-hydroxylation sites is 2. The molecule has 7 heteroatoms. The molecule has 1 unspecified atom stereocenters. The van der Waals surface area contributed by atoms with E-state index in [1.54, 1.807) is 17.3 Å². The molecule has 2 amide bonds. The van der Waals surface area contributed by atoms with Crippen molar-refractivity contribution in [1.29, 1.82) is 0 Å². The Bertz CT molecular complexity index is 776. The molecule has 1 saturated heterocycles. The lowest BCUT2D eigenvalue weighted by molar-refractivity contribution is -0.122. The van der Waals surface area contributed by atoms with Gasteiger partial charge in [0.2, 0.25) is 17.8 Å². The zero-order valence-corrected chi connectivity index (χ0v) is 14.2. The van der Waals surface area contributed by atoms with Gasteiger partial charge in [-0.15, -0.1) is 0 Å². The average molecular weight is 340 g/mol. The van der Waals surface area contributed by atoms with Crippen molar-refractivity contribution in [3.8, 4) is 5.75 Å². The van der Waals surface area contributed by atoms with E-state index in [-0.39, 0.29) is 24.2 Å². The topological polar surface area (TPSA) is 84.4 Å². The highest BCUT2D eigenvalue weighted by Crippen LogP contribution is 2.33. The number of carbonyl (C=O) groups is 2. The van der Waals surface area contributed by atoms with Gasteiger partial charge >= 0.3 is 0 Å². The summed E-state index contributed by atoms with van der Waals surface area (Å²) in [6.45, 7) is 4.57. The quantitative estimate of drug-likeness (QED) is 0.902. The molecule has 1 fully saturated rings. The van der Waals surface area contributed by atoms with Crippen LogP contribution >= 0.6 is 0 Å². The maximum Gasteiger partial charge on any atom is 0.232 e. The van der Waals surface area contributed by atoms with Crippen LogP contribution in [0.1, 0.15) is 18.9 Å². The fourth-order valence-corrected chi connectivity index (χ4v) is 2.74. The van der Waals surface area contributed by atoms with E-state index in [0.717, 1.165) is 5.56 Å². The van der Waals surface area contributed by atoms with E-state index >= 15 is 0 Å². The first-order valence-electron chi connectivity index (χ1n) is 8.20. The Labute approximate surface area is 146 Å². The van der Waals surface area contributed by atoms with Gasteiger partial charge in [0.25, 0.3) is 0 Å². The van der Waals surface area contributed by atoms with Crippen LogP contribution in [-0.2, 0) is 9.59 Å². The molecule has 1 atom stereocenters. The minimum Gasteiger partial charge on any atom is -0.492 e. The predicted molar refractivity (Wildman–Crippen MR) is 93.5 cm³/mol. The molecule has 0 bridgehead atoms. The van der Waals surface area contributed by atoms with Crippen LogP contribution in [0.2, 0.25) is 0 Å². The van der Waals surface area contributed by atoms with Crippen LogP contribution in [0.25, 0.3) is 0 Å². The highest BCUT2D eigenvalue weighted by Gasteiger charge is 2.36. The normalized spacial score (nSPS) is 16.8. The van der Waals surface area contributed by atoms with Crippen molar-refractivity contribution >= 4 is 23.5 Å². The van der Waals surface area contributed by atoms with Crippen molar-refractivity contribution in [2.24, 2.45) is 5.92 Å². The number of nitrogens with one attached hydrogen (secondary N) is 1. The second kappa shape index (κ2) is 7.29. The molecule has 0 aliphatic carbocycles.